The molecule has 1 atom stereocenters. The van der Waals surface area contributed by atoms with E-state index in [1.807, 2.05) is 0 Å². The first-order valence-corrected chi connectivity index (χ1v) is 26.7. The molecule has 0 aromatic carbocycles. The normalized spacial score (nSPS) is 12.1. The molecule has 0 radical (unpaired) electrons. The molecule has 0 saturated heterocycles. The Morgan fingerprint density at radius 2 is 0.550 bits per heavy atom. The Morgan fingerprint density at radius 1 is 0.317 bits per heavy atom. The minimum Gasteiger partial charge on any atom is -0.462 e. The summed E-state index contributed by atoms with van der Waals surface area (Å²) in [4.78, 5) is 37.9. The molecular formula is C54H104O6. The zero-order chi connectivity index (χ0) is 44.0. The summed E-state index contributed by atoms with van der Waals surface area (Å²) >= 11 is 0. The molecule has 0 heterocycles. The van der Waals surface area contributed by atoms with E-state index in [0.29, 0.717) is 19.3 Å². The predicted octanol–water partition coefficient (Wildman–Crippen LogP) is 17.3. The number of esters is 3. The van der Waals surface area contributed by atoms with Gasteiger partial charge < -0.3 is 14.2 Å². The van der Waals surface area contributed by atoms with Gasteiger partial charge in [-0.1, -0.05) is 259 Å². The maximum absolute atomic E-state index is 12.8. The van der Waals surface area contributed by atoms with Gasteiger partial charge in [0.25, 0.3) is 0 Å². The lowest BCUT2D eigenvalue weighted by molar-refractivity contribution is -0.167. The molecule has 0 saturated carbocycles. The standard InChI is InChI=1S/C54H104O6/c1-6-7-8-9-10-11-12-13-14-15-16-17-18-21-24-29-34-39-44-52(55)58-47-51(48-59-53(56)45-40-35-31-26-28-33-38-43-50(4)5)60-54(57)46-41-36-30-25-22-19-20-23-27-32-37-42-49(2)3/h49-51H,6-48H2,1-5H3/t51-/m0/s1. The van der Waals surface area contributed by atoms with Crippen LogP contribution in [-0.2, 0) is 28.6 Å². The highest BCUT2D eigenvalue weighted by atomic mass is 16.6. The second-order valence-electron chi connectivity index (χ2n) is 19.5. The van der Waals surface area contributed by atoms with Gasteiger partial charge in [-0.05, 0) is 31.1 Å². The Bertz CT molecular complexity index is 916. The van der Waals surface area contributed by atoms with Gasteiger partial charge in [0, 0.05) is 19.3 Å². The van der Waals surface area contributed by atoms with Gasteiger partial charge in [-0.25, -0.2) is 0 Å². The fourth-order valence-electron chi connectivity index (χ4n) is 8.17. The first-order chi connectivity index (χ1) is 29.2. The van der Waals surface area contributed by atoms with E-state index in [2.05, 4.69) is 34.6 Å². The molecule has 60 heavy (non-hydrogen) atoms. The van der Waals surface area contributed by atoms with Crippen molar-refractivity contribution in [2.75, 3.05) is 13.2 Å². The molecule has 0 rings (SSSR count). The Kier molecular flexibility index (Phi) is 45.7. The minimum atomic E-state index is -0.762. The average Bonchev–Trinajstić information content (AvgIpc) is 3.22. The Balaban J connectivity index is 4.26. The largest absolute Gasteiger partial charge is 0.462 e. The van der Waals surface area contributed by atoms with E-state index in [1.54, 1.807) is 0 Å². The molecular weight excluding hydrogens is 745 g/mol. The van der Waals surface area contributed by atoms with Crippen LogP contribution in [-0.4, -0.2) is 37.2 Å². The quantitative estimate of drug-likeness (QED) is 0.0345. The van der Waals surface area contributed by atoms with Crippen LogP contribution in [0.1, 0.15) is 298 Å². The van der Waals surface area contributed by atoms with E-state index in [-0.39, 0.29) is 31.1 Å². The van der Waals surface area contributed by atoms with Crippen molar-refractivity contribution in [2.24, 2.45) is 11.8 Å². The topological polar surface area (TPSA) is 78.9 Å². The van der Waals surface area contributed by atoms with E-state index in [9.17, 15) is 14.4 Å². The average molecular weight is 849 g/mol. The molecule has 0 spiro atoms. The molecule has 0 aromatic heterocycles. The van der Waals surface area contributed by atoms with Crippen molar-refractivity contribution < 1.29 is 28.6 Å². The molecule has 0 aliphatic carbocycles. The minimum absolute atomic E-state index is 0.0641. The van der Waals surface area contributed by atoms with Crippen molar-refractivity contribution in [3.05, 3.63) is 0 Å². The zero-order valence-electron chi connectivity index (χ0n) is 41.1. The van der Waals surface area contributed by atoms with Gasteiger partial charge in [0.1, 0.15) is 13.2 Å². The number of ether oxygens (including phenoxy) is 3. The van der Waals surface area contributed by atoms with E-state index in [0.717, 1.165) is 69.6 Å². The molecule has 0 bridgehead atoms. The maximum Gasteiger partial charge on any atom is 0.306 e. The second kappa shape index (κ2) is 46.9. The molecule has 0 aliphatic heterocycles. The Labute approximate surface area is 374 Å². The third kappa shape index (κ3) is 47.5. The van der Waals surface area contributed by atoms with Crippen LogP contribution >= 0.6 is 0 Å². The lowest BCUT2D eigenvalue weighted by atomic mass is 10.0. The molecule has 356 valence electrons. The van der Waals surface area contributed by atoms with Crippen LogP contribution in [0.3, 0.4) is 0 Å². The van der Waals surface area contributed by atoms with E-state index < -0.39 is 6.10 Å². The zero-order valence-corrected chi connectivity index (χ0v) is 41.1. The van der Waals surface area contributed by atoms with Crippen LogP contribution in [0.25, 0.3) is 0 Å². The molecule has 0 amide bonds. The van der Waals surface area contributed by atoms with Gasteiger partial charge in [0.15, 0.2) is 6.10 Å². The number of carbonyl (C=O) groups excluding carboxylic acids is 3. The first-order valence-electron chi connectivity index (χ1n) is 26.7. The SMILES string of the molecule is CCCCCCCCCCCCCCCCCCCCC(=O)OC[C@@H](COC(=O)CCCCCCCCCC(C)C)OC(=O)CCCCCCCCCCCCCC(C)C. The summed E-state index contributed by atoms with van der Waals surface area (Å²) in [6, 6.07) is 0. The second-order valence-corrected chi connectivity index (χ2v) is 19.5. The molecule has 0 fully saturated rings. The summed E-state index contributed by atoms with van der Waals surface area (Å²) < 4.78 is 16.8. The summed E-state index contributed by atoms with van der Waals surface area (Å²) in [5.41, 5.74) is 0. The van der Waals surface area contributed by atoms with Crippen molar-refractivity contribution in [3.63, 3.8) is 0 Å². The van der Waals surface area contributed by atoms with Crippen LogP contribution < -0.4 is 0 Å². The van der Waals surface area contributed by atoms with Crippen molar-refractivity contribution in [3.8, 4) is 0 Å². The lowest BCUT2D eigenvalue weighted by Gasteiger charge is -2.18. The predicted molar refractivity (Wildman–Crippen MR) is 256 cm³/mol. The lowest BCUT2D eigenvalue weighted by Crippen LogP contribution is -2.30. The summed E-state index contributed by atoms with van der Waals surface area (Å²) in [5, 5.41) is 0. The van der Waals surface area contributed by atoms with Crippen LogP contribution in [0.2, 0.25) is 0 Å². The van der Waals surface area contributed by atoms with E-state index in [1.165, 1.54) is 186 Å². The van der Waals surface area contributed by atoms with Gasteiger partial charge in [-0.15, -0.1) is 0 Å². The number of hydrogen-bond acceptors (Lipinski definition) is 6. The highest BCUT2D eigenvalue weighted by Gasteiger charge is 2.19. The molecule has 0 aliphatic rings. The third-order valence-electron chi connectivity index (χ3n) is 12.2. The Hall–Kier alpha value is -1.59. The molecule has 0 unspecified atom stereocenters. The van der Waals surface area contributed by atoms with Crippen LogP contribution in [0.5, 0.6) is 0 Å². The number of hydrogen-bond donors (Lipinski definition) is 0. The van der Waals surface area contributed by atoms with E-state index >= 15 is 0 Å². The van der Waals surface area contributed by atoms with Crippen molar-refractivity contribution in [1.29, 1.82) is 0 Å². The van der Waals surface area contributed by atoms with Crippen LogP contribution in [0.15, 0.2) is 0 Å². The van der Waals surface area contributed by atoms with E-state index in [4.69, 9.17) is 14.2 Å². The first kappa shape index (κ1) is 58.4. The van der Waals surface area contributed by atoms with Gasteiger partial charge in [0.2, 0.25) is 0 Å². The molecule has 6 heteroatoms. The van der Waals surface area contributed by atoms with Gasteiger partial charge in [-0.2, -0.15) is 0 Å². The summed E-state index contributed by atoms with van der Waals surface area (Å²) in [7, 11) is 0. The monoisotopic (exact) mass is 849 g/mol. The van der Waals surface area contributed by atoms with Crippen molar-refractivity contribution in [2.45, 2.75) is 304 Å². The fraction of sp³-hybridized carbons (Fsp3) is 0.944. The van der Waals surface area contributed by atoms with Crippen LogP contribution in [0, 0.1) is 11.8 Å². The molecule has 0 N–H and O–H groups in total. The molecule has 6 nitrogen and oxygen atoms in total. The van der Waals surface area contributed by atoms with Gasteiger partial charge >= 0.3 is 17.9 Å². The molecule has 0 aromatic rings. The summed E-state index contributed by atoms with van der Waals surface area (Å²) in [5.74, 6) is 0.757. The summed E-state index contributed by atoms with van der Waals surface area (Å²) in [6.07, 6.45) is 48.2. The number of carbonyl (C=O) groups is 3. The highest BCUT2D eigenvalue weighted by Crippen LogP contribution is 2.17. The number of unbranched alkanes of at least 4 members (excludes halogenated alkanes) is 33. The van der Waals surface area contributed by atoms with Crippen molar-refractivity contribution in [1.82, 2.24) is 0 Å². The summed E-state index contributed by atoms with van der Waals surface area (Å²) in [6.45, 7) is 11.3. The maximum atomic E-state index is 12.8. The smallest absolute Gasteiger partial charge is 0.306 e. The highest BCUT2D eigenvalue weighted by molar-refractivity contribution is 5.71. The number of rotatable bonds is 48. The third-order valence-corrected chi connectivity index (χ3v) is 12.2. The fourth-order valence-corrected chi connectivity index (χ4v) is 8.17. The van der Waals surface area contributed by atoms with Gasteiger partial charge in [-0.3, -0.25) is 14.4 Å². The Morgan fingerprint density at radius 3 is 0.817 bits per heavy atom. The van der Waals surface area contributed by atoms with Crippen LogP contribution in [0.4, 0.5) is 0 Å². The van der Waals surface area contributed by atoms with Gasteiger partial charge in [0.05, 0.1) is 0 Å². The van der Waals surface area contributed by atoms with Crippen molar-refractivity contribution >= 4 is 17.9 Å².